The molecule has 3 aromatic carbocycles. The second-order valence-corrected chi connectivity index (χ2v) is 7.38. The molecule has 0 aromatic heterocycles. The number of hydrogen-bond donors (Lipinski definition) is 0. The van der Waals surface area contributed by atoms with Crippen molar-refractivity contribution in [3.05, 3.63) is 89.0 Å². The average Bonchev–Trinajstić information content (AvgIpc) is 2.55. The summed E-state index contributed by atoms with van der Waals surface area (Å²) >= 11 is 0. The van der Waals surface area contributed by atoms with Gasteiger partial charge in [-0.25, -0.2) is 0 Å². The predicted molar refractivity (Wildman–Crippen MR) is 105 cm³/mol. The minimum Gasteiger partial charge on any atom is -0.289 e. The Morgan fingerprint density at radius 2 is 1.36 bits per heavy atom. The van der Waals surface area contributed by atoms with Gasteiger partial charge in [0.05, 0.1) is 0 Å². The van der Waals surface area contributed by atoms with E-state index in [4.69, 9.17) is 0 Å². The van der Waals surface area contributed by atoms with Gasteiger partial charge in [-0.2, -0.15) is 0 Å². The van der Waals surface area contributed by atoms with E-state index in [0.29, 0.717) is 0 Å². The van der Waals surface area contributed by atoms with E-state index in [0.717, 1.165) is 33.1 Å². The topological polar surface area (TPSA) is 17.1 Å². The Morgan fingerprint density at radius 3 is 2.00 bits per heavy atom. The standard InChI is InChI=1S/C22H21OP.Li/c1-15-13-16(2)21(17(3)14-15)22(23)24-20-12-8-7-11-19(20)18-9-5-4-6-10-18;/h4-14,24H,1-3H3;/q;+1. The molecule has 1 unspecified atom stereocenters. The molecule has 120 valence electrons. The van der Waals surface area contributed by atoms with Gasteiger partial charge in [-0.1, -0.05) is 72.3 Å². The van der Waals surface area contributed by atoms with E-state index in [1.807, 2.05) is 44.2 Å². The Balaban J connectivity index is 0.00000225. The Kier molecular flexibility index (Phi) is 6.80. The number of hydrogen-bond acceptors (Lipinski definition) is 1. The van der Waals surface area contributed by atoms with Gasteiger partial charge < -0.3 is 0 Å². The summed E-state index contributed by atoms with van der Waals surface area (Å²) in [5.41, 5.74) is 6.74. The van der Waals surface area contributed by atoms with Crippen molar-refractivity contribution in [2.75, 3.05) is 0 Å². The summed E-state index contributed by atoms with van der Waals surface area (Å²) in [6, 6.07) is 22.7. The third kappa shape index (κ3) is 4.50. The molecule has 0 aliphatic carbocycles. The van der Waals surface area contributed by atoms with Crippen LogP contribution in [0.15, 0.2) is 66.7 Å². The molecule has 0 radical (unpaired) electrons. The molecule has 0 saturated carbocycles. The molecule has 25 heavy (non-hydrogen) atoms. The second-order valence-electron chi connectivity index (χ2n) is 6.14. The quantitative estimate of drug-likeness (QED) is 0.527. The molecule has 0 spiro atoms. The van der Waals surface area contributed by atoms with Crippen molar-refractivity contribution >= 4 is 19.4 Å². The zero-order valence-electron chi connectivity index (χ0n) is 15.3. The van der Waals surface area contributed by atoms with Gasteiger partial charge in [0.15, 0.2) is 5.52 Å². The van der Waals surface area contributed by atoms with E-state index in [1.165, 1.54) is 5.56 Å². The summed E-state index contributed by atoms with van der Waals surface area (Å²) in [6.45, 7) is 6.13. The van der Waals surface area contributed by atoms with Crippen LogP contribution >= 0.6 is 8.58 Å². The monoisotopic (exact) mass is 339 g/mol. The van der Waals surface area contributed by atoms with Crippen molar-refractivity contribution in [1.82, 2.24) is 0 Å². The molecule has 0 aliphatic heterocycles. The third-order valence-corrected chi connectivity index (χ3v) is 5.35. The molecule has 3 rings (SSSR count). The zero-order valence-corrected chi connectivity index (χ0v) is 16.3. The molecule has 0 saturated heterocycles. The van der Waals surface area contributed by atoms with Crippen LogP contribution in [-0.2, 0) is 0 Å². The van der Waals surface area contributed by atoms with Crippen LogP contribution < -0.4 is 24.2 Å². The molecule has 0 aliphatic rings. The summed E-state index contributed by atoms with van der Waals surface area (Å²) in [4.78, 5) is 13.0. The summed E-state index contributed by atoms with van der Waals surface area (Å²) in [7, 11) is 0.131. The van der Waals surface area contributed by atoms with Crippen molar-refractivity contribution in [3.8, 4) is 11.1 Å². The number of carbonyl (C=O) groups is 1. The number of rotatable bonds is 4. The average molecular weight is 339 g/mol. The minimum atomic E-state index is 0. The summed E-state index contributed by atoms with van der Waals surface area (Å²) in [5, 5.41) is 1.10. The molecule has 0 amide bonds. The Bertz CT molecular complexity index is 865. The van der Waals surface area contributed by atoms with E-state index in [-0.39, 0.29) is 33.0 Å². The number of aryl methyl sites for hydroxylation is 3. The molecule has 0 N–H and O–H groups in total. The van der Waals surface area contributed by atoms with Gasteiger partial charge in [0, 0.05) is 5.56 Å². The van der Waals surface area contributed by atoms with Gasteiger partial charge in [-0.05, 0) is 56.9 Å². The molecule has 1 nitrogen and oxygen atoms in total. The number of carbonyl (C=O) groups excluding carboxylic acids is 1. The first-order valence-electron chi connectivity index (χ1n) is 8.10. The van der Waals surface area contributed by atoms with Crippen LogP contribution in [0.5, 0.6) is 0 Å². The van der Waals surface area contributed by atoms with Crippen LogP contribution in [0.4, 0.5) is 0 Å². The van der Waals surface area contributed by atoms with Gasteiger partial charge in [-0.15, -0.1) is 0 Å². The maximum absolute atomic E-state index is 13.0. The summed E-state index contributed by atoms with van der Waals surface area (Å²) in [5.74, 6) is 0. The summed E-state index contributed by atoms with van der Waals surface area (Å²) in [6.07, 6.45) is 0. The van der Waals surface area contributed by atoms with Crippen LogP contribution in [0.3, 0.4) is 0 Å². The molecule has 3 heteroatoms. The van der Waals surface area contributed by atoms with Crippen molar-refractivity contribution < 1.29 is 23.7 Å². The van der Waals surface area contributed by atoms with Gasteiger partial charge in [0.25, 0.3) is 0 Å². The molecular formula is C22H21LiOP+. The second kappa shape index (κ2) is 8.64. The van der Waals surface area contributed by atoms with Crippen molar-refractivity contribution in [2.24, 2.45) is 0 Å². The normalized spacial score (nSPS) is 10.7. The van der Waals surface area contributed by atoms with E-state index in [9.17, 15) is 4.79 Å². The van der Waals surface area contributed by atoms with Crippen LogP contribution in [0.1, 0.15) is 27.0 Å². The van der Waals surface area contributed by atoms with Gasteiger partial charge in [0.1, 0.15) is 0 Å². The van der Waals surface area contributed by atoms with Crippen molar-refractivity contribution in [1.29, 1.82) is 0 Å². The first-order chi connectivity index (χ1) is 11.6. The first-order valence-corrected chi connectivity index (χ1v) is 9.10. The molecule has 1 atom stereocenters. The SMILES string of the molecule is Cc1cc(C)c(C(=O)Pc2ccccc2-c2ccccc2)c(C)c1.[Li+]. The van der Waals surface area contributed by atoms with Gasteiger partial charge in [0.2, 0.25) is 0 Å². The molecule has 0 bridgehead atoms. The fraction of sp³-hybridized carbons (Fsp3) is 0.136. The fourth-order valence-electron chi connectivity index (χ4n) is 3.18. The van der Waals surface area contributed by atoms with E-state index >= 15 is 0 Å². The van der Waals surface area contributed by atoms with E-state index < -0.39 is 0 Å². The maximum atomic E-state index is 13.0. The van der Waals surface area contributed by atoms with Crippen LogP contribution in [-0.4, -0.2) is 5.52 Å². The molecule has 0 heterocycles. The van der Waals surface area contributed by atoms with Crippen molar-refractivity contribution in [2.45, 2.75) is 20.8 Å². The summed E-state index contributed by atoms with van der Waals surface area (Å²) < 4.78 is 0. The Labute approximate surface area is 163 Å². The van der Waals surface area contributed by atoms with Gasteiger partial charge >= 0.3 is 18.9 Å². The Morgan fingerprint density at radius 1 is 0.800 bits per heavy atom. The van der Waals surface area contributed by atoms with E-state index in [1.54, 1.807) is 0 Å². The largest absolute Gasteiger partial charge is 1.00 e. The number of benzene rings is 3. The van der Waals surface area contributed by atoms with Gasteiger partial charge in [-0.3, -0.25) is 4.79 Å². The molecular weight excluding hydrogens is 318 g/mol. The third-order valence-electron chi connectivity index (χ3n) is 4.16. The fourth-order valence-corrected chi connectivity index (χ4v) is 4.49. The van der Waals surface area contributed by atoms with Crippen LogP contribution in [0, 0.1) is 20.8 Å². The maximum Gasteiger partial charge on any atom is 1.00 e. The zero-order chi connectivity index (χ0) is 17.1. The molecule has 3 aromatic rings. The first kappa shape index (κ1) is 19.7. The Hall–Kier alpha value is -1.64. The predicted octanol–water partition coefficient (Wildman–Crippen LogP) is 2.43. The smallest absolute Gasteiger partial charge is 0.289 e. The van der Waals surface area contributed by atoms with Crippen molar-refractivity contribution in [3.63, 3.8) is 0 Å². The van der Waals surface area contributed by atoms with E-state index in [2.05, 4.69) is 43.3 Å². The minimum absolute atomic E-state index is 0. The van der Waals surface area contributed by atoms with Crippen LogP contribution in [0.25, 0.3) is 11.1 Å². The van der Waals surface area contributed by atoms with Crippen LogP contribution in [0.2, 0.25) is 0 Å². The molecule has 0 fully saturated rings.